The summed E-state index contributed by atoms with van der Waals surface area (Å²) in [4.78, 5) is 12.0. The monoisotopic (exact) mass is 383 g/mol. The van der Waals surface area contributed by atoms with Gasteiger partial charge in [-0.05, 0) is 23.8 Å². The highest BCUT2D eigenvalue weighted by molar-refractivity contribution is 5.99. The lowest BCUT2D eigenvalue weighted by atomic mass is 10.2. The van der Waals surface area contributed by atoms with E-state index in [0.29, 0.717) is 5.75 Å². The molecule has 0 atom stereocenters. The molecule has 3 aromatic carbocycles. The molecule has 0 fully saturated rings. The summed E-state index contributed by atoms with van der Waals surface area (Å²) in [5.74, 6) is 0.341. The van der Waals surface area contributed by atoms with Crippen molar-refractivity contribution in [3.8, 4) is 5.75 Å². The Bertz CT molecular complexity index is 1120. The van der Waals surface area contributed by atoms with Crippen molar-refractivity contribution in [2.75, 3.05) is 6.61 Å². The molecule has 1 aromatic heterocycles. The minimum atomic E-state index is -0.307. The molecule has 0 bridgehead atoms. The summed E-state index contributed by atoms with van der Waals surface area (Å²) in [6.45, 7) is 0.684. The van der Waals surface area contributed by atoms with E-state index >= 15 is 0 Å². The van der Waals surface area contributed by atoms with Crippen molar-refractivity contribution in [3.63, 3.8) is 0 Å². The zero-order valence-corrected chi connectivity index (χ0v) is 15.9. The van der Waals surface area contributed by atoms with Crippen LogP contribution in [0.25, 0.3) is 10.9 Å². The van der Waals surface area contributed by atoms with Gasteiger partial charge in [-0.15, -0.1) is 0 Å². The smallest absolute Gasteiger partial charge is 0.277 e. The highest BCUT2D eigenvalue weighted by Crippen LogP contribution is 2.21. The Labute approximate surface area is 169 Å². The third kappa shape index (κ3) is 4.71. The van der Waals surface area contributed by atoms with E-state index in [0.717, 1.165) is 23.0 Å². The van der Waals surface area contributed by atoms with Crippen LogP contribution in [0.15, 0.2) is 96.2 Å². The topological polar surface area (TPSA) is 55.6 Å². The maximum Gasteiger partial charge on any atom is 0.277 e. The third-order valence-corrected chi connectivity index (χ3v) is 4.52. The Hall–Kier alpha value is -3.86. The Balaban J connectivity index is 1.44. The largest absolute Gasteiger partial charge is 0.484 e. The molecule has 4 aromatic rings. The van der Waals surface area contributed by atoms with Crippen LogP contribution in [0.3, 0.4) is 0 Å². The first-order valence-corrected chi connectivity index (χ1v) is 9.41. The van der Waals surface area contributed by atoms with Crippen LogP contribution < -0.4 is 10.2 Å². The number of hydrogen-bond donors (Lipinski definition) is 1. The van der Waals surface area contributed by atoms with Gasteiger partial charge in [-0.1, -0.05) is 66.7 Å². The molecular formula is C24H21N3O2. The number of aromatic nitrogens is 1. The van der Waals surface area contributed by atoms with Crippen molar-refractivity contribution in [1.29, 1.82) is 0 Å². The molecule has 1 heterocycles. The van der Waals surface area contributed by atoms with E-state index in [1.165, 1.54) is 5.56 Å². The van der Waals surface area contributed by atoms with Crippen LogP contribution in [-0.4, -0.2) is 23.3 Å². The molecular weight excluding hydrogens is 362 g/mol. The molecule has 5 nitrogen and oxygen atoms in total. The van der Waals surface area contributed by atoms with Gasteiger partial charge in [0.05, 0.1) is 6.21 Å². The molecule has 1 N–H and O–H groups in total. The summed E-state index contributed by atoms with van der Waals surface area (Å²) < 4.78 is 7.61. The van der Waals surface area contributed by atoms with E-state index in [1.807, 2.05) is 54.7 Å². The fourth-order valence-electron chi connectivity index (χ4n) is 3.16. The van der Waals surface area contributed by atoms with Gasteiger partial charge in [-0.2, -0.15) is 5.10 Å². The maximum absolute atomic E-state index is 12.0. The molecule has 0 radical (unpaired) electrons. The van der Waals surface area contributed by atoms with E-state index in [9.17, 15) is 4.79 Å². The fraction of sp³-hybridized carbons (Fsp3) is 0.0833. The van der Waals surface area contributed by atoms with Crippen LogP contribution in [0.5, 0.6) is 5.75 Å². The molecule has 29 heavy (non-hydrogen) atoms. The van der Waals surface area contributed by atoms with Crippen molar-refractivity contribution in [2.24, 2.45) is 5.10 Å². The minimum Gasteiger partial charge on any atom is -0.484 e. The molecule has 1 amide bonds. The van der Waals surface area contributed by atoms with Crippen molar-refractivity contribution in [3.05, 3.63) is 102 Å². The quantitative estimate of drug-likeness (QED) is 0.384. The first kappa shape index (κ1) is 18.5. The summed E-state index contributed by atoms with van der Waals surface area (Å²) in [5, 5.41) is 5.19. The predicted octanol–water partition coefficient (Wildman–Crippen LogP) is 4.22. The molecule has 0 spiro atoms. The number of para-hydroxylation sites is 2. The van der Waals surface area contributed by atoms with Gasteiger partial charge in [-0.25, -0.2) is 5.43 Å². The van der Waals surface area contributed by atoms with Gasteiger partial charge in [0, 0.05) is 29.2 Å². The van der Waals surface area contributed by atoms with E-state index < -0.39 is 0 Å². The standard InChI is InChI=1S/C24H21N3O2/c28-24(18-29-21-11-5-2-6-12-21)26-25-15-20-17-27(16-19-9-3-1-4-10-19)23-14-8-7-13-22(20)23/h1-15,17H,16,18H2,(H,26,28)/b25-15-. The number of ether oxygens (including phenoxy) is 1. The minimum absolute atomic E-state index is 0.0862. The summed E-state index contributed by atoms with van der Waals surface area (Å²) in [6, 6.07) is 27.7. The summed E-state index contributed by atoms with van der Waals surface area (Å²) in [6.07, 6.45) is 3.72. The number of amides is 1. The second-order valence-corrected chi connectivity index (χ2v) is 6.61. The number of rotatable bonds is 7. The Morgan fingerprint density at radius 3 is 2.41 bits per heavy atom. The zero-order chi connectivity index (χ0) is 19.9. The molecule has 0 aliphatic rings. The van der Waals surface area contributed by atoms with Crippen LogP contribution in [0.2, 0.25) is 0 Å². The maximum atomic E-state index is 12.0. The third-order valence-electron chi connectivity index (χ3n) is 4.52. The van der Waals surface area contributed by atoms with E-state index in [2.05, 4.69) is 39.4 Å². The predicted molar refractivity (Wildman–Crippen MR) is 115 cm³/mol. The SMILES string of the molecule is O=C(COc1ccccc1)N/N=C\c1cn(Cc2ccccc2)c2ccccc12. The van der Waals surface area contributed by atoms with Gasteiger partial charge in [0.15, 0.2) is 6.61 Å². The Morgan fingerprint density at radius 2 is 1.62 bits per heavy atom. The van der Waals surface area contributed by atoms with Crippen molar-refractivity contribution < 1.29 is 9.53 Å². The number of carbonyl (C=O) groups excluding carboxylic acids is 1. The lowest BCUT2D eigenvalue weighted by Gasteiger charge is -2.05. The Kier molecular flexibility index (Phi) is 5.67. The second-order valence-electron chi connectivity index (χ2n) is 6.61. The summed E-state index contributed by atoms with van der Waals surface area (Å²) in [7, 11) is 0. The van der Waals surface area contributed by atoms with Crippen LogP contribution in [-0.2, 0) is 11.3 Å². The normalized spacial score (nSPS) is 11.0. The van der Waals surface area contributed by atoms with E-state index in [-0.39, 0.29) is 12.5 Å². The first-order chi connectivity index (χ1) is 14.3. The Morgan fingerprint density at radius 1 is 0.931 bits per heavy atom. The van der Waals surface area contributed by atoms with Gasteiger partial charge in [-0.3, -0.25) is 4.79 Å². The number of benzene rings is 3. The molecule has 0 saturated heterocycles. The second kappa shape index (κ2) is 8.89. The van der Waals surface area contributed by atoms with Crippen LogP contribution in [0.4, 0.5) is 0 Å². The van der Waals surface area contributed by atoms with Crippen LogP contribution in [0.1, 0.15) is 11.1 Å². The molecule has 0 saturated carbocycles. The van der Waals surface area contributed by atoms with Gasteiger partial charge in [0.1, 0.15) is 5.75 Å². The van der Waals surface area contributed by atoms with E-state index in [1.54, 1.807) is 18.3 Å². The van der Waals surface area contributed by atoms with Crippen molar-refractivity contribution in [1.82, 2.24) is 9.99 Å². The molecule has 5 heteroatoms. The molecule has 0 aliphatic heterocycles. The molecule has 4 rings (SSSR count). The van der Waals surface area contributed by atoms with Crippen LogP contribution >= 0.6 is 0 Å². The number of fused-ring (bicyclic) bond motifs is 1. The first-order valence-electron chi connectivity index (χ1n) is 9.41. The average Bonchev–Trinajstić information content (AvgIpc) is 3.11. The number of hydrazone groups is 1. The fourth-order valence-corrected chi connectivity index (χ4v) is 3.16. The zero-order valence-electron chi connectivity index (χ0n) is 15.9. The number of nitrogens with zero attached hydrogens (tertiary/aromatic N) is 2. The van der Waals surface area contributed by atoms with Gasteiger partial charge in [0.25, 0.3) is 5.91 Å². The van der Waals surface area contributed by atoms with Gasteiger partial charge in [0.2, 0.25) is 0 Å². The van der Waals surface area contributed by atoms with Gasteiger partial charge < -0.3 is 9.30 Å². The average molecular weight is 383 g/mol. The molecule has 0 unspecified atom stereocenters. The lowest BCUT2D eigenvalue weighted by molar-refractivity contribution is -0.123. The molecule has 144 valence electrons. The number of carbonyl (C=O) groups is 1. The van der Waals surface area contributed by atoms with Crippen LogP contribution in [0, 0.1) is 0 Å². The highest BCUT2D eigenvalue weighted by Gasteiger charge is 2.07. The lowest BCUT2D eigenvalue weighted by Crippen LogP contribution is -2.24. The van der Waals surface area contributed by atoms with Crippen molar-refractivity contribution >= 4 is 23.0 Å². The summed E-state index contributed by atoms with van der Waals surface area (Å²) >= 11 is 0. The number of nitrogens with one attached hydrogen (secondary N) is 1. The molecule has 0 aliphatic carbocycles. The number of hydrogen-bond acceptors (Lipinski definition) is 3. The summed E-state index contributed by atoms with van der Waals surface area (Å²) in [5.41, 5.74) is 5.81. The highest BCUT2D eigenvalue weighted by atomic mass is 16.5. The van der Waals surface area contributed by atoms with E-state index in [4.69, 9.17) is 4.74 Å². The van der Waals surface area contributed by atoms with Gasteiger partial charge >= 0.3 is 0 Å². The van der Waals surface area contributed by atoms with Crippen molar-refractivity contribution in [2.45, 2.75) is 6.54 Å².